The standard InChI is InChI=1S/C12H12ClNO5/c1-19-12(18)14-9(11(16)17)6-10(15)7-2-4-8(13)5-3-7/h2-5,9H,6H2,1H3,(H,14,18)(H,16,17)/t9-/m0/s1. The van der Waals surface area contributed by atoms with Gasteiger partial charge in [-0.2, -0.15) is 0 Å². The number of Topliss-reactive ketones (excluding diaryl/α,β-unsaturated/α-hetero) is 1. The molecular weight excluding hydrogens is 274 g/mol. The Morgan fingerprint density at radius 3 is 2.37 bits per heavy atom. The lowest BCUT2D eigenvalue weighted by atomic mass is 10.0. The first-order valence-corrected chi connectivity index (χ1v) is 5.68. The van der Waals surface area contributed by atoms with E-state index in [9.17, 15) is 14.4 Å². The van der Waals surface area contributed by atoms with Crippen molar-refractivity contribution in [2.45, 2.75) is 12.5 Å². The molecular formula is C12H12ClNO5. The fraction of sp³-hybridized carbons (Fsp3) is 0.250. The fourth-order valence-electron chi connectivity index (χ4n) is 1.34. The lowest BCUT2D eigenvalue weighted by Crippen LogP contribution is -2.42. The average molecular weight is 286 g/mol. The van der Waals surface area contributed by atoms with Crippen LogP contribution in [0.2, 0.25) is 5.02 Å². The number of halogens is 1. The molecule has 102 valence electrons. The van der Waals surface area contributed by atoms with Gasteiger partial charge in [0.25, 0.3) is 0 Å². The number of hydrogen-bond acceptors (Lipinski definition) is 4. The number of carbonyl (C=O) groups excluding carboxylic acids is 2. The molecule has 1 aromatic rings. The second-order valence-electron chi connectivity index (χ2n) is 3.66. The summed E-state index contributed by atoms with van der Waals surface area (Å²) in [6.07, 6.45) is -1.28. The number of carbonyl (C=O) groups is 3. The lowest BCUT2D eigenvalue weighted by Gasteiger charge is -2.12. The zero-order valence-corrected chi connectivity index (χ0v) is 10.8. The highest BCUT2D eigenvalue weighted by Gasteiger charge is 2.24. The Bertz CT molecular complexity index is 485. The van der Waals surface area contributed by atoms with Gasteiger partial charge in [0.05, 0.1) is 7.11 Å². The van der Waals surface area contributed by atoms with Crippen molar-refractivity contribution in [2.75, 3.05) is 7.11 Å². The summed E-state index contributed by atoms with van der Waals surface area (Å²) in [5.74, 6) is -1.73. The third-order valence-electron chi connectivity index (χ3n) is 2.33. The van der Waals surface area contributed by atoms with Crippen LogP contribution in [-0.4, -0.2) is 36.1 Å². The van der Waals surface area contributed by atoms with Crippen LogP contribution in [0, 0.1) is 0 Å². The highest BCUT2D eigenvalue weighted by molar-refractivity contribution is 6.30. The van der Waals surface area contributed by atoms with E-state index in [4.69, 9.17) is 16.7 Å². The van der Waals surface area contributed by atoms with Gasteiger partial charge < -0.3 is 15.2 Å². The quantitative estimate of drug-likeness (QED) is 0.804. The molecule has 0 fully saturated rings. The Morgan fingerprint density at radius 1 is 1.32 bits per heavy atom. The largest absolute Gasteiger partial charge is 0.480 e. The summed E-state index contributed by atoms with van der Waals surface area (Å²) >= 11 is 5.68. The summed E-state index contributed by atoms with van der Waals surface area (Å²) in [6.45, 7) is 0. The molecule has 1 amide bonds. The number of rotatable bonds is 5. The van der Waals surface area contributed by atoms with Gasteiger partial charge >= 0.3 is 12.1 Å². The van der Waals surface area contributed by atoms with Gasteiger partial charge in [-0.15, -0.1) is 0 Å². The second kappa shape index (κ2) is 6.75. The zero-order chi connectivity index (χ0) is 14.4. The number of nitrogens with one attached hydrogen (secondary N) is 1. The van der Waals surface area contributed by atoms with Crippen LogP contribution in [0.15, 0.2) is 24.3 Å². The number of ether oxygens (including phenoxy) is 1. The summed E-state index contributed by atoms with van der Waals surface area (Å²) in [5, 5.41) is 11.5. The van der Waals surface area contributed by atoms with Gasteiger partial charge in [0.15, 0.2) is 5.78 Å². The maximum Gasteiger partial charge on any atom is 0.407 e. The molecule has 2 N–H and O–H groups in total. The van der Waals surface area contributed by atoms with Gasteiger partial charge in [-0.1, -0.05) is 11.6 Å². The molecule has 0 aromatic heterocycles. The van der Waals surface area contributed by atoms with Crippen molar-refractivity contribution in [3.05, 3.63) is 34.9 Å². The van der Waals surface area contributed by atoms with Crippen LogP contribution in [0.5, 0.6) is 0 Å². The van der Waals surface area contributed by atoms with Crippen molar-refractivity contribution in [3.8, 4) is 0 Å². The molecule has 0 heterocycles. The molecule has 0 bridgehead atoms. The molecule has 1 rings (SSSR count). The molecule has 0 aliphatic heterocycles. The number of carboxylic acids is 1. The van der Waals surface area contributed by atoms with Crippen molar-refractivity contribution in [1.82, 2.24) is 5.32 Å². The summed E-state index contributed by atoms with van der Waals surface area (Å²) in [4.78, 5) is 33.7. The SMILES string of the molecule is COC(=O)N[C@@H](CC(=O)c1ccc(Cl)cc1)C(=O)O. The van der Waals surface area contributed by atoms with Gasteiger partial charge in [0.1, 0.15) is 6.04 Å². The van der Waals surface area contributed by atoms with E-state index >= 15 is 0 Å². The maximum atomic E-state index is 11.8. The van der Waals surface area contributed by atoms with Crippen LogP contribution >= 0.6 is 11.6 Å². The van der Waals surface area contributed by atoms with Crippen LogP contribution in [0.25, 0.3) is 0 Å². The molecule has 0 radical (unpaired) electrons. The first kappa shape index (κ1) is 15.0. The number of ketones is 1. The van der Waals surface area contributed by atoms with E-state index in [0.717, 1.165) is 7.11 Å². The van der Waals surface area contributed by atoms with Crippen LogP contribution in [0.1, 0.15) is 16.8 Å². The number of alkyl carbamates (subject to hydrolysis) is 1. The second-order valence-corrected chi connectivity index (χ2v) is 4.10. The predicted molar refractivity (Wildman–Crippen MR) is 67.4 cm³/mol. The average Bonchev–Trinajstić information content (AvgIpc) is 2.38. The normalized spacial score (nSPS) is 11.5. The van der Waals surface area contributed by atoms with Crippen molar-refractivity contribution in [3.63, 3.8) is 0 Å². The van der Waals surface area contributed by atoms with Crippen molar-refractivity contribution < 1.29 is 24.2 Å². The minimum Gasteiger partial charge on any atom is -0.480 e. The fourth-order valence-corrected chi connectivity index (χ4v) is 1.47. The van der Waals surface area contributed by atoms with Gasteiger partial charge in [-0.25, -0.2) is 9.59 Å². The number of carboxylic acid groups (broad SMARTS) is 1. The molecule has 0 saturated heterocycles. The third kappa shape index (κ3) is 4.59. The highest BCUT2D eigenvalue weighted by Crippen LogP contribution is 2.12. The van der Waals surface area contributed by atoms with E-state index in [2.05, 4.69) is 10.1 Å². The summed E-state index contributed by atoms with van der Waals surface area (Å²) in [6, 6.07) is 4.69. The minimum absolute atomic E-state index is 0.322. The Labute approximate surface area is 114 Å². The Balaban J connectivity index is 2.73. The molecule has 1 aromatic carbocycles. The van der Waals surface area contributed by atoms with Crippen LogP contribution in [0.3, 0.4) is 0 Å². The minimum atomic E-state index is -1.34. The molecule has 0 saturated carbocycles. The Kier molecular flexibility index (Phi) is 5.32. The molecule has 0 unspecified atom stereocenters. The number of methoxy groups -OCH3 is 1. The number of hydrogen-bond donors (Lipinski definition) is 2. The van der Waals surface area contributed by atoms with Gasteiger partial charge in [0, 0.05) is 17.0 Å². The van der Waals surface area contributed by atoms with Gasteiger partial charge in [-0.05, 0) is 24.3 Å². The van der Waals surface area contributed by atoms with E-state index in [1.807, 2.05) is 0 Å². The topological polar surface area (TPSA) is 92.7 Å². The first-order chi connectivity index (χ1) is 8.93. The zero-order valence-electron chi connectivity index (χ0n) is 10.1. The van der Waals surface area contributed by atoms with Gasteiger partial charge in [-0.3, -0.25) is 4.79 Å². The molecule has 0 aliphatic rings. The van der Waals surface area contributed by atoms with Crippen molar-refractivity contribution in [2.24, 2.45) is 0 Å². The van der Waals surface area contributed by atoms with E-state index in [0.29, 0.717) is 10.6 Å². The third-order valence-corrected chi connectivity index (χ3v) is 2.58. The Morgan fingerprint density at radius 2 is 1.89 bits per heavy atom. The monoisotopic (exact) mass is 285 g/mol. The number of amides is 1. The van der Waals surface area contributed by atoms with Crippen molar-refractivity contribution >= 4 is 29.4 Å². The molecule has 19 heavy (non-hydrogen) atoms. The molecule has 7 heteroatoms. The molecule has 6 nitrogen and oxygen atoms in total. The number of benzene rings is 1. The molecule has 0 spiro atoms. The van der Waals surface area contributed by atoms with E-state index < -0.39 is 23.9 Å². The Hall–Kier alpha value is -2.08. The van der Waals surface area contributed by atoms with Crippen molar-refractivity contribution in [1.29, 1.82) is 0 Å². The predicted octanol–water partition coefficient (Wildman–Crippen LogP) is 1.72. The van der Waals surface area contributed by atoms with Crippen LogP contribution < -0.4 is 5.32 Å². The first-order valence-electron chi connectivity index (χ1n) is 5.30. The molecule has 0 aliphatic carbocycles. The van der Waals surface area contributed by atoms with E-state index in [1.165, 1.54) is 24.3 Å². The summed E-state index contributed by atoms with van der Waals surface area (Å²) in [5.41, 5.74) is 0.322. The summed E-state index contributed by atoms with van der Waals surface area (Å²) < 4.78 is 4.29. The van der Waals surface area contributed by atoms with E-state index in [-0.39, 0.29) is 6.42 Å². The van der Waals surface area contributed by atoms with Gasteiger partial charge in [0.2, 0.25) is 0 Å². The molecule has 1 atom stereocenters. The van der Waals surface area contributed by atoms with E-state index in [1.54, 1.807) is 0 Å². The summed E-state index contributed by atoms with van der Waals surface area (Å²) in [7, 11) is 1.11. The van der Waals surface area contributed by atoms with Crippen LogP contribution in [0.4, 0.5) is 4.79 Å². The maximum absolute atomic E-state index is 11.8. The number of aliphatic carboxylic acids is 1. The lowest BCUT2D eigenvalue weighted by molar-refractivity contribution is -0.139. The highest BCUT2D eigenvalue weighted by atomic mass is 35.5. The van der Waals surface area contributed by atoms with Crippen LogP contribution in [-0.2, 0) is 9.53 Å². The smallest absolute Gasteiger partial charge is 0.407 e.